The van der Waals surface area contributed by atoms with Crippen LogP contribution in [-0.4, -0.2) is 38.7 Å². The fourth-order valence-corrected chi connectivity index (χ4v) is 3.91. The number of carbonyl (C=O) groups is 1. The lowest BCUT2D eigenvalue weighted by molar-refractivity contribution is -0.133. The van der Waals surface area contributed by atoms with Gasteiger partial charge in [-0.1, -0.05) is 12.1 Å². The van der Waals surface area contributed by atoms with E-state index in [-0.39, 0.29) is 24.2 Å². The fraction of sp³-hybridized carbons (Fsp3) is 0.273. The van der Waals surface area contributed by atoms with Gasteiger partial charge in [-0.3, -0.25) is 9.36 Å². The molecule has 1 saturated heterocycles. The predicted molar refractivity (Wildman–Crippen MR) is 109 cm³/mol. The average molecular weight is 422 g/mol. The molecule has 0 saturated carbocycles. The lowest BCUT2D eigenvalue weighted by Crippen LogP contribution is -2.41. The minimum Gasteiger partial charge on any atom is -0.420 e. The molecule has 1 aliphatic heterocycles. The van der Waals surface area contributed by atoms with Crippen LogP contribution in [0, 0.1) is 5.82 Å². The molecule has 31 heavy (non-hydrogen) atoms. The summed E-state index contributed by atoms with van der Waals surface area (Å²) in [7, 11) is 0. The molecular weight excluding hydrogens is 403 g/mol. The molecule has 0 radical (unpaired) electrons. The van der Waals surface area contributed by atoms with Crippen LogP contribution in [0.15, 0.2) is 62.2 Å². The molecule has 2 aromatic heterocycles. The van der Waals surface area contributed by atoms with Gasteiger partial charge >= 0.3 is 5.76 Å². The molecule has 1 aliphatic rings. The summed E-state index contributed by atoms with van der Waals surface area (Å²) in [4.78, 5) is 26.8. The van der Waals surface area contributed by atoms with Crippen molar-refractivity contribution in [2.24, 2.45) is 0 Å². The van der Waals surface area contributed by atoms with Crippen LogP contribution >= 0.6 is 0 Å². The lowest BCUT2D eigenvalue weighted by Gasteiger charge is -2.31. The quantitative estimate of drug-likeness (QED) is 0.501. The average Bonchev–Trinajstić information content (AvgIpc) is 3.40. The van der Waals surface area contributed by atoms with E-state index in [1.54, 1.807) is 41.3 Å². The van der Waals surface area contributed by atoms with Crippen molar-refractivity contribution < 1.29 is 18.0 Å². The van der Waals surface area contributed by atoms with Gasteiger partial charge in [-0.25, -0.2) is 9.18 Å². The maximum absolute atomic E-state index is 13.1. The van der Waals surface area contributed by atoms with E-state index in [0.717, 1.165) is 12.8 Å². The molecule has 1 fully saturated rings. The Kier molecular flexibility index (Phi) is 4.85. The van der Waals surface area contributed by atoms with Crippen molar-refractivity contribution in [1.29, 1.82) is 0 Å². The highest BCUT2D eigenvalue weighted by molar-refractivity contribution is 5.79. The first-order valence-corrected chi connectivity index (χ1v) is 10.0. The maximum Gasteiger partial charge on any atom is 0.420 e. The zero-order chi connectivity index (χ0) is 21.4. The zero-order valence-electron chi connectivity index (χ0n) is 16.5. The Bertz CT molecular complexity index is 1290. The maximum atomic E-state index is 13.1. The number of hydrogen-bond acceptors (Lipinski definition) is 6. The van der Waals surface area contributed by atoms with Gasteiger partial charge in [-0.15, -0.1) is 10.2 Å². The Balaban J connectivity index is 1.31. The van der Waals surface area contributed by atoms with Gasteiger partial charge in [0, 0.05) is 18.7 Å². The molecule has 0 N–H and O–H groups in total. The number of likely N-dealkylation sites (tertiary alicyclic amines) is 1. The summed E-state index contributed by atoms with van der Waals surface area (Å²) >= 11 is 0. The van der Waals surface area contributed by atoms with Gasteiger partial charge in [0.15, 0.2) is 5.58 Å². The molecule has 1 unspecified atom stereocenters. The van der Waals surface area contributed by atoms with Gasteiger partial charge < -0.3 is 13.7 Å². The monoisotopic (exact) mass is 422 g/mol. The Morgan fingerprint density at radius 2 is 1.90 bits per heavy atom. The van der Waals surface area contributed by atoms with E-state index in [0.29, 0.717) is 41.5 Å². The largest absolute Gasteiger partial charge is 0.420 e. The first kappa shape index (κ1) is 19.2. The van der Waals surface area contributed by atoms with Crippen molar-refractivity contribution in [2.75, 3.05) is 13.1 Å². The Hall–Kier alpha value is -3.75. The van der Waals surface area contributed by atoms with E-state index in [9.17, 15) is 14.0 Å². The van der Waals surface area contributed by atoms with E-state index in [1.165, 1.54) is 16.7 Å². The van der Waals surface area contributed by atoms with Crippen LogP contribution in [0.2, 0.25) is 0 Å². The Morgan fingerprint density at radius 3 is 2.74 bits per heavy atom. The van der Waals surface area contributed by atoms with Gasteiger partial charge in [0.1, 0.15) is 12.4 Å². The van der Waals surface area contributed by atoms with E-state index in [2.05, 4.69) is 10.2 Å². The predicted octanol–water partition coefficient (Wildman–Crippen LogP) is 3.19. The first-order chi connectivity index (χ1) is 15.1. The van der Waals surface area contributed by atoms with Gasteiger partial charge in [-0.2, -0.15) is 0 Å². The number of piperidine rings is 1. The van der Waals surface area contributed by atoms with Crippen molar-refractivity contribution in [3.63, 3.8) is 0 Å². The third kappa shape index (κ3) is 3.74. The molecular formula is C22H19FN4O4. The van der Waals surface area contributed by atoms with Gasteiger partial charge in [0.2, 0.25) is 17.7 Å². The van der Waals surface area contributed by atoms with Crippen molar-refractivity contribution in [3.8, 4) is 11.5 Å². The van der Waals surface area contributed by atoms with Crippen molar-refractivity contribution in [2.45, 2.75) is 25.3 Å². The standard InChI is InChI=1S/C22H19FN4O4/c23-16-9-7-14(8-10-16)20-24-25-21(31-20)15-4-3-11-26(12-15)19(28)13-27-17-5-1-2-6-18(17)30-22(27)29/h1-2,5-10,15H,3-4,11-13H2. The number of aromatic nitrogens is 3. The first-order valence-electron chi connectivity index (χ1n) is 10.0. The summed E-state index contributed by atoms with van der Waals surface area (Å²) in [6, 6.07) is 12.8. The SMILES string of the molecule is O=C(Cn1c(=O)oc2ccccc21)N1CCCC(c2nnc(-c3ccc(F)cc3)o2)C1. The molecule has 1 atom stereocenters. The molecule has 0 spiro atoms. The number of fused-ring (bicyclic) bond motifs is 1. The number of rotatable bonds is 4. The summed E-state index contributed by atoms with van der Waals surface area (Å²) in [5.41, 5.74) is 1.68. The summed E-state index contributed by atoms with van der Waals surface area (Å²) in [6.07, 6.45) is 1.59. The van der Waals surface area contributed by atoms with E-state index < -0.39 is 5.76 Å². The van der Waals surface area contributed by atoms with Crippen LogP contribution in [0.25, 0.3) is 22.6 Å². The molecule has 2 aromatic carbocycles. The van der Waals surface area contributed by atoms with Crippen LogP contribution < -0.4 is 5.76 Å². The zero-order valence-corrected chi connectivity index (χ0v) is 16.5. The molecule has 1 amide bonds. The molecule has 0 aliphatic carbocycles. The molecule has 3 heterocycles. The number of oxazole rings is 1. The van der Waals surface area contributed by atoms with Crippen LogP contribution in [0.4, 0.5) is 4.39 Å². The fourth-order valence-electron chi connectivity index (χ4n) is 3.91. The second kappa shape index (κ2) is 7.82. The smallest absolute Gasteiger partial charge is 0.420 e. The lowest BCUT2D eigenvalue weighted by atomic mass is 9.98. The number of benzene rings is 2. The third-order valence-electron chi connectivity index (χ3n) is 5.52. The van der Waals surface area contributed by atoms with Crippen LogP contribution in [-0.2, 0) is 11.3 Å². The number of carbonyl (C=O) groups excluding carboxylic acids is 1. The molecule has 4 aromatic rings. The Labute approximate surface area is 175 Å². The van der Waals surface area contributed by atoms with Gasteiger partial charge in [0.05, 0.1) is 11.4 Å². The summed E-state index contributed by atoms with van der Waals surface area (Å²) in [6.45, 7) is 0.931. The second-order valence-corrected chi connectivity index (χ2v) is 7.55. The molecule has 0 bridgehead atoms. The number of amides is 1. The van der Waals surface area contributed by atoms with Crippen LogP contribution in [0.1, 0.15) is 24.7 Å². The Morgan fingerprint density at radius 1 is 1.10 bits per heavy atom. The van der Waals surface area contributed by atoms with E-state index in [1.807, 2.05) is 0 Å². The molecule has 8 nitrogen and oxygen atoms in total. The normalized spacial score (nSPS) is 16.7. The number of nitrogens with zero attached hydrogens (tertiary/aromatic N) is 4. The molecule has 9 heteroatoms. The topological polar surface area (TPSA) is 94.4 Å². The molecule has 158 valence electrons. The van der Waals surface area contributed by atoms with Gasteiger partial charge in [-0.05, 0) is 49.2 Å². The number of para-hydroxylation sites is 2. The third-order valence-corrected chi connectivity index (χ3v) is 5.52. The number of halogens is 1. The summed E-state index contributed by atoms with van der Waals surface area (Å²) in [5.74, 6) is -0.398. The summed E-state index contributed by atoms with van der Waals surface area (Å²) in [5, 5.41) is 8.21. The minimum absolute atomic E-state index is 0.0901. The van der Waals surface area contributed by atoms with Crippen LogP contribution in [0.5, 0.6) is 0 Å². The second-order valence-electron chi connectivity index (χ2n) is 7.55. The van der Waals surface area contributed by atoms with Crippen LogP contribution in [0.3, 0.4) is 0 Å². The number of hydrogen-bond donors (Lipinski definition) is 0. The van der Waals surface area contributed by atoms with E-state index >= 15 is 0 Å². The van der Waals surface area contributed by atoms with E-state index in [4.69, 9.17) is 8.83 Å². The van der Waals surface area contributed by atoms with Crippen molar-refractivity contribution >= 4 is 17.0 Å². The van der Waals surface area contributed by atoms with Crippen molar-refractivity contribution in [1.82, 2.24) is 19.7 Å². The highest BCUT2D eigenvalue weighted by Crippen LogP contribution is 2.28. The highest BCUT2D eigenvalue weighted by Gasteiger charge is 2.29. The minimum atomic E-state index is -0.552. The van der Waals surface area contributed by atoms with Gasteiger partial charge in [0.25, 0.3) is 0 Å². The molecule has 5 rings (SSSR count). The summed E-state index contributed by atoms with van der Waals surface area (Å²) < 4.78 is 25.5. The highest BCUT2D eigenvalue weighted by atomic mass is 19.1. The van der Waals surface area contributed by atoms with Crippen molar-refractivity contribution in [3.05, 3.63) is 70.8 Å².